The third-order valence-electron chi connectivity index (χ3n) is 7.43. The summed E-state index contributed by atoms with van der Waals surface area (Å²) in [5.74, 6) is -1.25. The van der Waals surface area contributed by atoms with E-state index in [0.29, 0.717) is 49.5 Å². The summed E-state index contributed by atoms with van der Waals surface area (Å²) in [7, 11) is 0. The van der Waals surface area contributed by atoms with E-state index >= 15 is 0 Å². The molecule has 1 saturated carbocycles. The van der Waals surface area contributed by atoms with Gasteiger partial charge in [-0.15, -0.1) is 0 Å². The third-order valence-corrected chi connectivity index (χ3v) is 7.43. The molecule has 2 aromatic rings. The molecule has 0 saturated heterocycles. The Morgan fingerprint density at radius 2 is 1.72 bits per heavy atom. The van der Waals surface area contributed by atoms with Crippen molar-refractivity contribution in [3.05, 3.63) is 52.3 Å². The summed E-state index contributed by atoms with van der Waals surface area (Å²) in [5.41, 5.74) is -2.42. The number of ether oxygens (including phenoxy) is 1. The van der Waals surface area contributed by atoms with E-state index in [0.717, 1.165) is 0 Å². The highest BCUT2D eigenvalue weighted by Gasteiger charge is 2.51. The summed E-state index contributed by atoms with van der Waals surface area (Å²) >= 11 is 0. The third kappa shape index (κ3) is 6.31. The number of hydrogen-bond donors (Lipinski definition) is 2. The lowest BCUT2D eigenvalue weighted by Crippen LogP contribution is -2.59. The van der Waals surface area contributed by atoms with E-state index in [9.17, 15) is 41.0 Å². The molecule has 0 bridgehead atoms. The number of carboxylic acid groups (broad SMARTS) is 1. The Kier molecular flexibility index (Phi) is 7.63. The van der Waals surface area contributed by atoms with Gasteiger partial charge in [0, 0.05) is 25.7 Å². The average Bonchev–Trinajstić information content (AvgIpc) is 3.09. The molecule has 2 aliphatic rings. The molecular weight excluding hydrogens is 534 g/mol. The first kappa shape index (κ1) is 28.7. The minimum absolute atomic E-state index is 0.000270. The zero-order chi connectivity index (χ0) is 28.8. The summed E-state index contributed by atoms with van der Waals surface area (Å²) in [6, 6.07) is 2.87. The van der Waals surface area contributed by atoms with Gasteiger partial charge in [0.15, 0.2) is 0 Å². The molecular formula is C25H28F6N4O4. The number of aromatic nitrogens is 2. The van der Waals surface area contributed by atoms with Crippen LogP contribution in [-0.4, -0.2) is 44.4 Å². The Morgan fingerprint density at radius 3 is 2.28 bits per heavy atom. The van der Waals surface area contributed by atoms with Crippen molar-refractivity contribution in [3.63, 3.8) is 0 Å². The molecule has 1 aromatic heterocycles. The Bertz CT molecular complexity index is 1210. The molecule has 1 fully saturated rings. The fourth-order valence-corrected chi connectivity index (χ4v) is 5.02. The van der Waals surface area contributed by atoms with Gasteiger partial charge in [-0.05, 0) is 48.1 Å². The van der Waals surface area contributed by atoms with Crippen LogP contribution in [0, 0.1) is 11.3 Å². The highest BCUT2D eigenvalue weighted by molar-refractivity contribution is 5.72. The van der Waals surface area contributed by atoms with E-state index in [1.165, 1.54) is 4.90 Å². The predicted molar refractivity (Wildman–Crippen MR) is 124 cm³/mol. The number of amides is 1. The van der Waals surface area contributed by atoms with E-state index in [4.69, 9.17) is 4.74 Å². The number of aryl methyl sites for hydroxylation is 1. The monoisotopic (exact) mass is 562 g/mol. The molecule has 4 rings (SSSR count). The van der Waals surface area contributed by atoms with Gasteiger partial charge in [-0.1, -0.05) is 13.8 Å². The number of rotatable bonds is 6. The second-order valence-electron chi connectivity index (χ2n) is 10.5. The molecule has 1 aromatic carbocycles. The van der Waals surface area contributed by atoms with Crippen LogP contribution in [0.3, 0.4) is 0 Å². The largest absolute Gasteiger partial charge is 0.481 e. The summed E-state index contributed by atoms with van der Waals surface area (Å²) in [4.78, 5) is 25.3. The minimum Gasteiger partial charge on any atom is -0.481 e. The predicted octanol–water partition coefficient (Wildman–Crippen LogP) is 5.05. The van der Waals surface area contributed by atoms with E-state index in [1.807, 2.05) is 13.8 Å². The van der Waals surface area contributed by atoms with Crippen molar-refractivity contribution in [2.75, 3.05) is 6.54 Å². The molecule has 0 radical (unpaired) electrons. The molecule has 2 atom stereocenters. The van der Waals surface area contributed by atoms with Crippen molar-refractivity contribution < 1.29 is 45.8 Å². The lowest BCUT2D eigenvalue weighted by Gasteiger charge is -2.50. The van der Waals surface area contributed by atoms with Crippen molar-refractivity contribution in [1.29, 1.82) is 0 Å². The van der Waals surface area contributed by atoms with Crippen LogP contribution < -0.4 is 5.32 Å². The van der Waals surface area contributed by atoms with Crippen molar-refractivity contribution in [2.45, 2.75) is 71.3 Å². The first-order chi connectivity index (χ1) is 18.1. The van der Waals surface area contributed by atoms with Crippen LogP contribution in [0.25, 0.3) is 0 Å². The SMILES string of the molecule is CC1(C)C(NCc2cc3n(n2)CCCN(C(=O)OCc2cc(C(F)(F)F)cc(C(F)(F)F)c2)C3)CC1C(=O)O. The van der Waals surface area contributed by atoms with Crippen LogP contribution >= 0.6 is 0 Å². The van der Waals surface area contributed by atoms with Gasteiger partial charge in [-0.2, -0.15) is 31.4 Å². The number of fused-ring (bicyclic) bond motifs is 1. The highest BCUT2D eigenvalue weighted by atomic mass is 19.4. The van der Waals surface area contributed by atoms with Crippen LogP contribution in [0.4, 0.5) is 31.1 Å². The van der Waals surface area contributed by atoms with E-state index in [-0.39, 0.29) is 25.2 Å². The Morgan fingerprint density at radius 1 is 1.08 bits per heavy atom. The van der Waals surface area contributed by atoms with Crippen LogP contribution in [0.2, 0.25) is 0 Å². The Balaban J connectivity index is 1.38. The standard InChI is InChI=1S/C25H28F6N4O4/c1-23(2)19(21(36)37)10-20(23)32-11-17-9-18-12-34(4-3-5-35(18)33-17)22(38)39-13-14-6-15(24(26,27)28)8-16(7-14)25(29,30)31/h6-9,19-20,32H,3-5,10-13H2,1-2H3,(H,36,37). The van der Waals surface area contributed by atoms with Gasteiger partial charge in [0.1, 0.15) is 6.61 Å². The summed E-state index contributed by atoms with van der Waals surface area (Å²) < 4.78 is 85.5. The highest BCUT2D eigenvalue weighted by Crippen LogP contribution is 2.46. The first-order valence-corrected chi connectivity index (χ1v) is 12.3. The first-order valence-electron chi connectivity index (χ1n) is 12.3. The number of benzene rings is 1. The van der Waals surface area contributed by atoms with Gasteiger partial charge in [0.25, 0.3) is 0 Å². The smallest absolute Gasteiger partial charge is 0.416 e. The Hall–Kier alpha value is -3.29. The van der Waals surface area contributed by atoms with E-state index in [1.54, 1.807) is 10.7 Å². The molecule has 14 heteroatoms. The molecule has 1 amide bonds. The van der Waals surface area contributed by atoms with Gasteiger partial charge in [0.05, 0.1) is 35.0 Å². The number of carbonyl (C=O) groups excluding carboxylic acids is 1. The quantitative estimate of drug-likeness (QED) is 0.479. The molecule has 2 heterocycles. The fraction of sp³-hybridized carbons (Fsp3) is 0.560. The van der Waals surface area contributed by atoms with Gasteiger partial charge in [-0.3, -0.25) is 9.48 Å². The lowest BCUT2D eigenvalue weighted by atomic mass is 9.58. The van der Waals surface area contributed by atoms with Crippen molar-refractivity contribution in [1.82, 2.24) is 20.0 Å². The number of halogens is 6. The van der Waals surface area contributed by atoms with Crippen molar-refractivity contribution in [3.8, 4) is 0 Å². The van der Waals surface area contributed by atoms with E-state index in [2.05, 4.69) is 10.4 Å². The fourth-order valence-electron chi connectivity index (χ4n) is 5.02. The van der Waals surface area contributed by atoms with Crippen LogP contribution in [-0.2, 0) is 48.1 Å². The number of nitrogens with one attached hydrogen (secondary N) is 1. The zero-order valence-corrected chi connectivity index (χ0v) is 21.2. The topological polar surface area (TPSA) is 96.7 Å². The number of carbonyl (C=O) groups is 2. The maximum Gasteiger partial charge on any atom is 0.416 e. The molecule has 8 nitrogen and oxygen atoms in total. The van der Waals surface area contributed by atoms with Gasteiger partial charge >= 0.3 is 24.4 Å². The number of nitrogens with zero attached hydrogens (tertiary/aromatic N) is 3. The molecule has 39 heavy (non-hydrogen) atoms. The van der Waals surface area contributed by atoms with Crippen molar-refractivity contribution >= 4 is 12.1 Å². The van der Waals surface area contributed by atoms with Crippen LogP contribution in [0.15, 0.2) is 24.3 Å². The molecule has 214 valence electrons. The maximum atomic E-state index is 13.1. The molecule has 2 N–H and O–H groups in total. The number of hydrogen-bond acceptors (Lipinski definition) is 5. The number of aliphatic carboxylic acids is 1. The van der Waals surface area contributed by atoms with Crippen LogP contribution in [0.1, 0.15) is 54.8 Å². The minimum atomic E-state index is -5.00. The van der Waals surface area contributed by atoms with Crippen LogP contribution in [0.5, 0.6) is 0 Å². The second kappa shape index (κ2) is 10.4. The lowest BCUT2D eigenvalue weighted by molar-refractivity contribution is -0.155. The number of carboxylic acids is 1. The zero-order valence-electron chi connectivity index (χ0n) is 21.2. The van der Waals surface area contributed by atoms with Gasteiger partial charge in [-0.25, -0.2) is 4.79 Å². The summed E-state index contributed by atoms with van der Waals surface area (Å²) in [6.07, 6.45) is -9.85. The van der Waals surface area contributed by atoms with Crippen molar-refractivity contribution in [2.24, 2.45) is 11.3 Å². The van der Waals surface area contributed by atoms with Gasteiger partial charge in [0.2, 0.25) is 0 Å². The summed E-state index contributed by atoms with van der Waals surface area (Å²) in [5, 5.41) is 17.2. The second-order valence-corrected chi connectivity index (χ2v) is 10.5. The number of alkyl halides is 6. The normalized spacial score (nSPS) is 21.1. The van der Waals surface area contributed by atoms with E-state index < -0.39 is 59.0 Å². The van der Waals surface area contributed by atoms with Gasteiger partial charge < -0.3 is 20.1 Å². The summed E-state index contributed by atoms with van der Waals surface area (Å²) in [6.45, 7) is 4.27. The Labute approximate surface area is 219 Å². The molecule has 1 aliphatic carbocycles. The molecule has 1 aliphatic heterocycles. The average molecular weight is 563 g/mol. The molecule has 0 spiro atoms. The maximum absolute atomic E-state index is 13.1. The molecule has 2 unspecified atom stereocenters.